The van der Waals surface area contributed by atoms with Crippen molar-refractivity contribution in [2.75, 3.05) is 0 Å². The molecule has 7 heteroatoms. The number of nitrogens with zero attached hydrogens (tertiary/aromatic N) is 5. The second kappa shape index (κ2) is 13.3. The lowest BCUT2D eigenvalue weighted by molar-refractivity contribution is 0.666. The molecule has 0 aliphatic rings. The molecule has 14 aromatic rings. The molecule has 9 aromatic carbocycles. The molecule has 0 saturated heterocycles. The first-order chi connectivity index (χ1) is 31.7. The van der Waals surface area contributed by atoms with Gasteiger partial charge in [0, 0.05) is 54.2 Å². The van der Waals surface area contributed by atoms with Crippen LogP contribution in [-0.2, 0) is 0 Å². The van der Waals surface area contributed by atoms with Crippen molar-refractivity contribution in [3.8, 4) is 45.5 Å². The number of benzene rings is 9. The molecule has 0 radical (unpaired) electrons. The van der Waals surface area contributed by atoms with E-state index in [0.29, 0.717) is 17.6 Å². The maximum atomic E-state index is 6.87. The molecule has 0 unspecified atom stereocenters. The topological polar surface area (TPSA) is 74.8 Å². The Bertz CT molecular complexity index is 4200. The smallest absolute Gasteiger partial charge is 0.238 e. The van der Waals surface area contributed by atoms with E-state index in [1.54, 1.807) is 0 Å². The molecule has 0 N–H and O–H groups in total. The monoisotopic (exact) mass is 819 g/mol. The van der Waals surface area contributed by atoms with E-state index in [4.69, 9.17) is 23.8 Å². The second-order valence-corrected chi connectivity index (χ2v) is 16.4. The fourth-order valence-corrected chi connectivity index (χ4v) is 9.94. The Morgan fingerprint density at radius 3 is 1.72 bits per heavy atom. The third kappa shape index (κ3) is 5.06. The van der Waals surface area contributed by atoms with Crippen LogP contribution in [0, 0.1) is 0 Å². The molecule has 0 spiro atoms. The van der Waals surface area contributed by atoms with E-state index in [-0.39, 0.29) is 0 Å². The minimum atomic E-state index is 0.532. The zero-order chi connectivity index (χ0) is 41.9. The van der Waals surface area contributed by atoms with Crippen molar-refractivity contribution in [3.63, 3.8) is 0 Å². The average molecular weight is 820 g/mol. The van der Waals surface area contributed by atoms with E-state index in [9.17, 15) is 0 Å². The number of para-hydroxylation sites is 4. The molecule has 14 rings (SSSR count). The third-order valence-electron chi connectivity index (χ3n) is 12.8. The summed E-state index contributed by atoms with van der Waals surface area (Å²) >= 11 is 0. The summed E-state index contributed by atoms with van der Waals surface area (Å²) in [4.78, 5) is 15.8. The Kier molecular flexibility index (Phi) is 7.27. The van der Waals surface area contributed by atoms with Gasteiger partial charge in [-0.05, 0) is 65.7 Å². The van der Waals surface area contributed by atoms with Gasteiger partial charge in [-0.15, -0.1) is 0 Å². The summed E-state index contributed by atoms with van der Waals surface area (Å²) in [6.45, 7) is 0. The molecular formula is C57H33N5O2. The van der Waals surface area contributed by atoms with Gasteiger partial charge in [0.05, 0.1) is 27.8 Å². The number of furan rings is 2. The molecule has 298 valence electrons. The highest BCUT2D eigenvalue weighted by Gasteiger charge is 2.24. The van der Waals surface area contributed by atoms with E-state index in [1.165, 1.54) is 0 Å². The van der Waals surface area contributed by atoms with Crippen molar-refractivity contribution in [3.05, 3.63) is 200 Å². The number of hydrogen-bond donors (Lipinski definition) is 0. The van der Waals surface area contributed by atoms with E-state index in [2.05, 4.69) is 143 Å². The molecule has 5 aromatic heterocycles. The minimum absolute atomic E-state index is 0.532. The molecule has 0 saturated carbocycles. The van der Waals surface area contributed by atoms with Crippen molar-refractivity contribution >= 4 is 87.5 Å². The summed E-state index contributed by atoms with van der Waals surface area (Å²) in [6, 6.07) is 69.6. The van der Waals surface area contributed by atoms with Gasteiger partial charge in [0.1, 0.15) is 16.7 Å². The highest BCUT2D eigenvalue weighted by molar-refractivity contribution is 6.20. The van der Waals surface area contributed by atoms with Gasteiger partial charge in [0.2, 0.25) is 5.95 Å². The first-order valence-electron chi connectivity index (χ1n) is 21.4. The highest BCUT2D eigenvalue weighted by atomic mass is 16.3. The molecule has 0 aliphatic carbocycles. The quantitative estimate of drug-likeness (QED) is 0.173. The zero-order valence-corrected chi connectivity index (χ0v) is 34.1. The van der Waals surface area contributed by atoms with Crippen LogP contribution in [0.2, 0.25) is 0 Å². The van der Waals surface area contributed by atoms with Gasteiger partial charge in [-0.2, -0.15) is 9.97 Å². The lowest BCUT2D eigenvalue weighted by atomic mass is 10.0. The summed E-state index contributed by atoms with van der Waals surface area (Å²) in [7, 11) is 0. The summed E-state index contributed by atoms with van der Waals surface area (Å²) in [5, 5.41) is 8.58. The molecule has 0 aliphatic heterocycles. The molecule has 7 nitrogen and oxygen atoms in total. The van der Waals surface area contributed by atoms with Crippen molar-refractivity contribution in [1.82, 2.24) is 24.1 Å². The molecule has 0 amide bonds. The Morgan fingerprint density at radius 1 is 0.328 bits per heavy atom. The van der Waals surface area contributed by atoms with Gasteiger partial charge in [-0.3, -0.25) is 4.57 Å². The summed E-state index contributed by atoms with van der Waals surface area (Å²) < 4.78 is 17.8. The van der Waals surface area contributed by atoms with Crippen LogP contribution in [0.1, 0.15) is 0 Å². The molecule has 0 fully saturated rings. The van der Waals surface area contributed by atoms with Crippen LogP contribution >= 0.6 is 0 Å². The summed E-state index contributed by atoms with van der Waals surface area (Å²) in [5.41, 5.74) is 12.5. The fraction of sp³-hybridized carbons (Fsp3) is 0. The lowest BCUT2D eigenvalue weighted by Gasteiger charge is -2.12. The maximum Gasteiger partial charge on any atom is 0.238 e. The van der Waals surface area contributed by atoms with Crippen LogP contribution in [0.4, 0.5) is 0 Å². The Labute approximate surface area is 364 Å². The SMILES string of the molecule is c1ccc(-c2ccc3c(c2)oc2c(-n4c5ccccc5c5cc6c(cc54)c4ccccc4n6-c4nc(-c5ccccc5)nc(-c5cccc6oc7ccccc7c56)n4)cccc23)cc1. The fourth-order valence-electron chi connectivity index (χ4n) is 9.94. The van der Waals surface area contributed by atoms with E-state index < -0.39 is 0 Å². The zero-order valence-electron chi connectivity index (χ0n) is 34.1. The first kappa shape index (κ1) is 34.9. The molecule has 64 heavy (non-hydrogen) atoms. The number of rotatable bonds is 5. The third-order valence-corrected chi connectivity index (χ3v) is 12.8. The van der Waals surface area contributed by atoms with Crippen LogP contribution in [0.15, 0.2) is 209 Å². The van der Waals surface area contributed by atoms with Gasteiger partial charge in [0.15, 0.2) is 17.2 Å². The Hall–Kier alpha value is -8.81. The number of aromatic nitrogens is 5. The van der Waals surface area contributed by atoms with Gasteiger partial charge in [0.25, 0.3) is 0 Å². The van der Waals surface area contributed by atoms with Crippen molar-refractivity contribution in [1.29, 1.82) is 0 Å². The van der Waals surface area contributed by atoms with Crippen molar-refractivity contribution < 1.29 is 8.83 Å². The van der Waals surface area contributed by atoms with E-state index in [0.717, 1.165) is 115 Å². The second-order valence-electron chi connectivity index (χ2n) is 16.4. The summed E-state index contributed by atoms with van der Waals surface area (Å²) in [6.07, 6.45) is 0. The van der Waals surface area contributed by atoms with Crippen LogP contribution in [0.3, 0.4) is 0 Å². The Morgan fingerprint density at radius 2 is 0.938 bits per heavy atom. The Balaban J connectivity index is 1.04. The van der Waals surface area contributed by atoms with Crippen LogP contribution in [0.5, 0.6) is 0 Å². The van der Waals surface area contributed by atoms with Crippen LogP contribution in [-0.4, -0.2) is 24.1 Å². The lowest BCUT2D eigenvalue weighted by Crippen LogP contribution is -2.06. The van der Waals surface area contributed by atoms with Gasteiger partial charge >= 0.3 is 0 Å². The van der Waals surface area contributed by atoms with Gasteiger partial charge in [-0.25, -0.2) is 4.98 Å². The largest absolute Gasteiger partial charge is 0.456 e. The average Bonchev–Trinajstić information content (AvgIpc) is 4.11. The molecule has 0 bridgehead atoms. The predicted octanol–water partition coefficient (Wildman–Crippen LogP) is 14.9. The first-order valence-corrected chi connectivity index (χ1v) is 21.4. The predicted molar refractivity (Wildman–Crippen MR) is 259 cm³/mol. The molecular weight excluding hydrogens is 787 g/mol. The van der Waals surface area contributed by atoms with E-state index in [1.807, 2.05) is 66.7 Å². The maximum absolute atomic E-state index is 6.87. The summed E-state index contributed by atoms with van der Waals surface area (Å²) in [5.74, 6) is 1.69. The van der Waals surface area contributed by atoms with Crippen LogP contribution in [0.25, 0.3) is 133 Å². The number of fused-ring (bicyclic) bond motifs is 12. The minimum Gasteiger partial charge on any atom is -0.456 e. The number of hydrogen-bond acceptors (Lipinski definition) is 5. The van der Waals surface area contributed by atoms with Gasteiger partial charge < -0.3 is 13.4 Å². The van der Waals surface area contributed by atoms with Crippen molar-refractivity contribution in [2.45, 2.75) is 0 Å². The standard InChI is InChI=1S/C57H33N5O2/c1-3-15-34(16-4-1)36-29-30-39-40-22-13-26-47(54(40)64-52(39)31-36)61-45-24-10-7-19-37(45)43-33-49-44(32-48(43)61)38-20-8-11-25-46(38)62(49)57-59-55(35-17-5-2-6-18-35)58-56(60-57)42-23-14-28-51-53(42)41-21-9-12-27-50(41)63-51/h1-33H. The highest BCUT2D eigenvalue weighted by Crippen LogP contribution is 2.43. The molecule has 5 heterocycles. The van der Waals surface area contributed by atoms with Gasteiger partial charge in [-0.1, -0.05) is 146 Å². The van der Waals surface area contributed by atoms with Crippen molar-refractivity contribution in [2.24, 2.45) is 0 Å². The molecule has 0 atom stereocenters. The normalized spacial score (nSPS) is 12.1. The van der Waals surface area contributed by atoms with E-state index >= 15 is 0 Å². The van der Waals surface area contributed by atoms with Crippen LogP contribution < -0.4 is 0 Å².